The number of aryl methyl sites for hydroxylation is 1. The fourth-order valence-corrected chi connectivity index (χ4v) is 3.99. The predicted molar refractivity (Wildman–Crippen MR) is 114 cm³/mol. The number of ether oxygens (including phenoxy) is 1. The van der Waals surface area contributed by atoms with E-state index >= 15 is 0 Å². The van der Waals surface area contributed by atoms with Gasteiger partial charge in [-0.1, -0.05) is 17.7 Å². The van der Waals surface area contributed by atoms with E-state index in [-0.39, 0.29) is 28.3 Å². The van der Waals surface area contributed by atoms with Crippen molar-refractivity contribution in [2.24, 2.45) is 5.73 Å². The molecule has 2 heterocycles. The summed E-state index contributed by atoms with van der Waals surface area (Å²) in [5.41, 5.74) is 12.5. The first-order chi connectivity index (χ1) is 14.3. The van der Waals surface area contributed by atoms with Gasteiger partial charge in [0, 0.05) is 18.8 Å². The van der Waals surface area contributed by atoms with Crippen molar-refractivity contribution in [3.05, 3.63) is 40.4 Å². The quantitative estimate of drug-likeness (QED) is 0.606. The van der Waals surface area contributed by atoms with Crippen molar-refractivity contribution < 1.29 is 19.1 Å². The van der Waals surface area contributed by atoms with Crippen molar-refractivity contribution in [3.8, 4) is 0 Å². The van der Waals surface area contributed by atoms with E-state index in [9.17, 15) is 14.4 Å². The molecular weight excluding hydrogens is 406 g/mol. The Morgan fingerprint density at radius 3 is 2.60 bits per heavy atom. The van der Waals surface area contributed by atoms with Crippen LogP contribution in [0.5, 0.6) is 0 Å². The van der Waals surface area contributed by atoms with E-state index in [2.05, 4.69) is 9.69 Å². The molecule has 2 aromatic rings. The number of hydrogen-bond donors (Lipinski definition) is 3. The number of nitrogen functional groups attached to an aromatic ring is 1. The molecule has 0 spiro atoms. The van der Waals surface area contributed by atoms with Gasteiger partial charge in [-0.25, -0.2) is 0 Å². The fourth-order valence-electron chi connectivity index (χ4n) is 3.25. The Morgan fingerprint density at radius 1 is 1.33 bits per heavy atom. The lowest BCUT2D eigenvalue weighted by Crippen LogP contribution is -2.49. The third kappa shape index (κ3) is 4.60. The Bertz CT molecular complexity index is 937. The van der Waals surface area contributed by atoms with Gasteiger partial charge >= 0.3 is 0 Å². The number of anilines is 2. The summed E-state index contributed by atoms with van der Waals surface area (Å²) in [5, 5.41) is 2.85. The van der Waals surface area contributed by atoms with Crippen LogP contribution in [0.25, 0.3) is 0 Å². The summed E-state index contributed by atoms with van der Waals surface area (Å²) < 4.78 is 9.43. The summed E-state index contributed by atoms with van der Waals surface area (Å²) in [5.74, 6) is -1.66. The summed E-state index contributed by atoms with van der Waals surface area (Å²) >= 11 is 0.783. The number of carbonyl (C=O) groups is 3. The van der Waals surface area contributed by atoms with E-state index in [1.165, 1.54) is 4.90 Å². The molecule has 10 heteroatoms. The van der Waals surface area contributed by atoms with Crippen LogP contribution in [0.2, 0.25) is 0 Å². The normalized spacial score (nSPS) is 16.8. The summed E-state index contributed by atoms with van der Waals surface area (Å²) in [6.45, 7) is 4.63. The maximum Gasteiger partial charge on any atom is 0.272 e. The van der Waals surface area contributed by atoms with Crippen LogP contribution in [0.1, 0.15) is 45.5 Å². The number of aromatic nitrogens is 1. The van der Waals surface area contributed by atoms with Gasteiger partial charge < -0.3 is 21.5 Å². The van der Waals surface area contributed by atoms with Crippen molar-refractivity contribution in [1.29, 1.82) is 0 Å². The van der Waals surface area contributed by atoms with E-state index < -0.39 is 17.9 Å². The second kappa shape index (κ2) is 9.23. The maximum atomic E-state index is 13.4. The molecule has 1 aromatic heterocycles. The molecule has 9 nitrogen and oxygen atoms in total. The van der Waals surface area contributed by atoms with Crippen molar-refractivity contribution in [2.75, 3.05) is 23.8 Å². The lowest BCUT2D eigenvalue weighted by atomic mass is 10.1. The number of nitrogens with two attached hydrogens (primary N) is 2. The number of rotatable bonds is 7. The molecule has 0 radical (unpaired) electrons. The second-order valence-corrected chi connectivity index (χ2v) is 7.98. The average molecular weight is 432 g/mol. The molecule has 1 aliphatic rings. The molecule has 160 valence electrons. The van der Waals surface area contributed by atoms with Crippen LogP contribution in [-0.4, -0.2) is 47.4 Å². The van der Waals surface area contributed by atoms with Crippen LogP contribution in [-0.2, 0) is 9.53 Å². The number of carbonyl (C=O) groups excluding carboxylic acids is 3. The number of hydrogen-bond acceptors (Lipinski definition) is 7. The molecule has 0 bridgehead atoms. The lowest BCUT2D eigenvalue weighted by molar-refractivity contribution is -0.122. The molecule has 1 aliphatic heterocycles. The molecule has 0 saturated carbocycles. The van der Waals surface area contributed by atoms with Crippen LogP contribution in [0.3, 0.4) is 0 Å². The molecule has 3 amide bonds. The fraction of sp³-hybridized carbons (Fsp3) is 0.400. The Hall–Kier alpha value is -2.98. The highest BCUT2D eigenvalue weighted by Gasteiger charge is 2.32. The molecule has 30 heavy (non-hydrogen) atoms. The molecule has 1 saturated heterocycles. The Morgan fingerprint density at radius 2 is 2.03 bits per heavy atom. The van der Waals surface area contributed by atoms with Crippen LogP contribution >= 0.6 is 11.5 Å². The number of primary amides is 1. The summed E-state index contributed by atoms with van der Waals surface area (Å²) in [4.78, 5) is 39.1. The summed E-state index contributed by atoms with van der Waals surface area (Å²) in [6, 6.07) is 6.36. The van der Waals surface area contributed by atoms with Crippen LogP contribution < -0.4 is 21.7 Å². The zero-order valence-corrected chi connectivity index (χ0v) is 17.7. The van der Waals surface area contributed by atoms with Crippen LogP contribution in [0.15, 0.2) is 24.3 Å². The SMILES string of the molecule is Cc1ccc(N(C(=O)c2snc(C(N)=O)c2N)[C@H](C)C(=O)NC[C@H]2CCCO2)cc1. The highest BCUT2D eigenvalue weighted by atomic mass is 32.1. The Labute approximate surface area is 178 Å². The minimum Gasteiger partial charge on any atom is -0.395 e. The van der Waals surface area contributed by atoms with E-state index in [1.54, 1.807) is 19.1 Å². The highest BCUT2D eigenvalue weighted by Crippen LogP contribution is 2.27. The number of amides is 3. The molecule has 2 atom stereocenters. The van der Waals surface area contributed by atoms with E-state index in [0.29, 0.717) is 18.8 Å². The maximum absolute atomic E-state index is 13.4. The van der Waals surface area contributed by atoms with Gasteiger partial charge in [0.05, 0.1) is 11.8 Å². The minimum absolute atomic E-state index is 0.0139. The van der Waals surface area contributed by atoms with Gasteiger partial charge in [-0.3, -0.25) is 19.3 Å². The number of nitrogens with one attached hydrogen (secondary N) is 1. The van der Waals surface area contributed by atoms with Crippen molar-refractivity contribution in [3.63, 3.8) is 0 Å². The van der Waals surface area contributed by atoms with Crippen molar-refractivity contribution in [2.45, 2.75) is 38.8 Å². The molecule has 3 rings (SSSR count). The third-order valence-electron chi connectivity index (χ3n) is 4.98. The molecule has 1 fully saturated rings. The number of nitrogens with zero attached hydrogens (tertiary/aromatic N) is 2. The molecule has 0 unspecified atom stereocenters. The smallest absolute Gasteiger partial charge is 0.272 e. The summed E-state index contributed by atoms with van der Waals surface area (Å²) in [6.07, 6.45) is 1.85. The first kappa shape index (κ1) is 21.7. The van der Waals surface area contributed by atoms with E-state index in [4.69, 9.17) is 16.2 Å². The Balaban J connectivity index is 1.88. The van der Waals surface area contributed by atoms with E-state index in [1.807, 2.05) is 19.1 Å². The first-order valence-corrected chi connectivity index (χ1v) is 10.4. The van der Waals surface area contributed by atoms with Gasteiger partial charge in [-0.2, -0.15) is 4.37 Å². The van der Waals surface area contributed by atoms with Gasteiger partial charge in [-0.15, -0.1) is 0 Å². The van der Waals surface area contributed by atoms with Crippen molar-refractivity contribution >= 4 is 40.6 Å². The van der Waals surface area contributed by atoms with Gasteiger partial charge in [0.1, 0.15) is 10.9 Å². The zero-order chi connectivity index (χ0) is 21.8. The minimum atomic E-state index is -0.833. The van der Waals surface area contributed by atoms with E-state index in [0.717, 1.165) is 29.9 Å². The molecule has 1 aromatic carbocycles. The number of benzene rings is 1. The lowest BCUT2D eigenvalue weighted by Gasteiger charge is -2.28. The Kier molecular flexibility index (Phi) is 6.68. The topological polar surface area (TPSA) is 141 Å². The summed E-state index contributed by atoms with van der Waals surface area (Å²) in [7, 11) is 0. The molecule has 5 N–H and O–H groups in total. The molecule has 0 aliphatic carbocycles. The van der Waals surface area contributed by atoms with Gasteiger partial charge in [0.25, 0.3) is 11.8 Å². The highest BCUT2D eigenvalue weighted by molar-refractivity contribution is 7.09. The molecular formula is C20H25N5O4S. The zero-order valence-electron chi connectivity index (χ0n) is 16.9. The van der Waals surface area contributed by atoms with Gasteiger partial charge in [0.15, 0.2) is 5.69 Å². The predicted octanol–water partition coefficient (Wildman–Crippen LogP) is 1.46. The van der Waals surface area contributed by atoms with Crippen LogP contribution in [0.4, 0.5) is 11.4 Å². The van der Waals surface area contributed by atoms with Gasteiger partial charge in [0.2, 0.25) is 5.91 Å². The largest absolute Gasteiger partial charge is 0.395 e. The van der Waals surface area contributed by atoms with Crippen molar-refractivity contribution in [1.82, 2.24) is 9.69 Å². The average Bonchev–Trinajstić information content (AvgIpc) is 3.37. The third-order valence-corrected chi connectivity index (χ3v) is 5.83. The second-order valence-electron chi connectivity index (χ2n) is 7.21. The first-order valence-electron chi connectivity index (χ1n) is 9.64. The van der Waals surface area contributed by atoms with Crippen LogP contribution in [0, 0.1) is 6.92 Å². The standard InChI is InChI=1S/C20H25N5O4S/c1-11-5-7-13(8-6-11)25(12(2)19(27)23-10-14-4-3-9-29-14)20(28)17-15(21)16(18(22)26)24-30-17/h5-8,12,14H,3-4,9-10,21H2,1-2H3,(H2,22,26)(H,23,27)/t12-,14-/m1/s1. The van der Waals surface area contributed by atoms with Gasteiger partial charge in [-0.05, 0) is 50.4 Å². The monoisotopic (exact) mass is 431 g/mol.